The Morgan fingerprint density at radius 2 is 2.16 bits per heavy atom. The third kappa shape index (κ3) is 2.12. The molecule has 3 rings (SSSR count). The van der Waals surface area contributed by atoms with Crippen LogP contribution in [-0.2, 0) is 5.92 Å². The number of nitrogens with zero attached hydrogens (tertiary/aromatic N) is 4. The summed E-state index contributed by atoms with van der Waals surface area (Å²) < 4.78 is 33.4. The molecule has 0 aliphatic rings. The Bertz CT molecular complexity index is 747. The number of alkyl halides is 2. The van der Waals surface area contributed by atoms with E-state index in [1.165, 1.54) is 6.20 Å². The van der Waals surface area contributed by atoms with Gasteiger partial charge < -0.3 is 4.52 Å². The second kappa shape index (κ2) is 4.09. The largest absolute Gasteiger partial charge is 0.334 e. The molecule has 0 aliphatic carbocycles. The molecule has 3 aromatic rings. The highest BCUT2D eigenvalue weighted by Gasteiger charge is 2.31. The Kier molecular flexibility index (Phi) is 2.63. The molecule has 0 bridgehead atoms. The highest BCUT2D eigenvalue weighted by atomic mass is 79.9. The summed E-state index contributed by atoms with van der Waals surface area (Å²) in [7, 11) is 0. The first-order valence-corrected chi connectivity index (χ1v) is 6.10. The maximum Gasteiger partial charge on any atom is 0.307 e. The normalized spacial score (nSPS) is 12.2. The van der Waals surface area contributed by atoms with Crippen molar-refractivity contribution in [1.82, 2.24) is 19.8 Å². The Balaban J connectivity index is 2.12. The van der Waals surface area contributed by atoms with Gasteiger partial charge >= 0.3 is 5.92 Å². The number of aromatic nitrogens is 4. The van der Waals surface area contributed by atoms with Crippen LogP contribution in [0, 0.1) is 0 Å². The van der Waals surface area contributed by atoms with Crippen molar-refractivity contribution in [1.29, 1.82) is 0 Å². The van der Waals surface area contributed by atoms with Crippen molar-refractivity contribution < 1.29 is 13.3 Å². The lowest BCUT2D eigenvalue weighted by molar-refractivity contribution is 0.00559. The van der Waals surface area contributed by atoms with E-state index in [1.54, 1.807) is 16.8 Å². The molecule has 0 fully saturated rings. The second-order valence-corrected chi connectivity index (χ2v) is 4.96. The first kappa shape index (κ1) is 12.2. The molecule has 0 saturated carbocycles. The summed E-state index contributed by atoms with van der Waals surface area (Å²) in [6.07, 6.45) is 3.23. The van der Waals surface area contributed by atoms with E-state index in [0.717, 1.165) is 11.4 Å². The fourth-order valence-electron chi connectivity index (χ4n) is 1.64. The maximum atomic E-state index is 13.1. The first-order valence-electron chi connectivity index (χ1n) is 5.30. The predicted octanol–water partition coefficient (Wildman–Crippen LogP) is 3.26. The molecule has 0 spiro atoms. The quantitative estimate of drug-likeness (QED) is 0.724. The van der Waals surface area contributed by atoms with Gasteiger partial charge in [-0.15, -0.1) is 0 Å². The van der Waals surface area contributed by atoms with Gasteiger partial charge in [0.15, 0.2) is 0 Å². The molecular weight excluding hydrogens is 322 g/mol. The number of hydrogen-bond acceptors (Lipinski definition) is 4. The minimum Gasteiger partial charge on any atom is -0.334 e. The van der Waals surface area contributed by atoms with Crippen molar-refractivity contribution >= 4 is 21.4 Å². The zero-order chi connectivity index (χ0) is 13.6. The summed E-state index contributed by atoms with van der Waals surface area (Å²) in [5, 5.41) is 7.38. The Morgan fingerprint density at radius 1 is 1.37 bits per heavy atom. The van der Waals surface area contributed by atoms with E-state index in [9.17, 15) is 8.78 Å². The molecule has 0 amide bonds. The average molecular weight is 329 g/mol. The fraction of sp³-hybridized carbons (Fsp3) is 0.182. The van der Waals surface area contributed by atoms with E-state index in [4.69, 9.17) is 4.52 Å². The van der Waals surface area contributed by atoms with Crippen LogP contribution in [0.1, 0.15) is 12.7 Å². The standard InChI is InChI=1S/C11H7BrF2N4O/c1-11(13,14)10-16-9(19-17-10)7-4-15-18-5-6(12)2-3-8(7)18/h2-5H,1H3. The minimum absolute atomic E-state index is 0.0221. The summed E-state index contributed by atoms with van der Waals surface area (Å²) in [6.45, 7) is 0.717. The Labute approximate surface area is 114 Å². The second-order valence-electron chi connectivity index (χ2n) is 4.05. The Hall–Kier alpha value is -1.83. The molecular formula is C11H7BrF2N4O. The van der Waals surface area contributed by atoms with Gasteiger partial charge in [-0.2, -0.15) is 18.9 Å². The molecule has 19 heavy (non-hydrogen) atoms. The number of halogens is 3. The van der Waals surface area contributed by atoms with Crippen LogP contribution in [0.2, 0.25) is 0 Å². The predicted molar refractivity (Wildman–Crippen MR) is 65.8 cm³/mol. The van der Waals surface area contributed by atoms with Crippen LogP contribution in [-0.4, -0.2) is 19.8 Å². The summed E-state index contributed by atoms with van der Waals surface area (Å²) in [5.74, 6) is -3.75. The van der Waals surface area contributed by atoms with E-state index in [2.05, 4.69) is 31.2 Å². The van der Waals surface area contributed by atoms with Gasteiger partial charge in [-0.05, 0) is 28.1 Å². The summed E-state index contributed by atoms with van der Waals surface area (Å²) in [6, 6.07) is 3.59. The van der Waals surface area contributed by atoms with Crippen LogP contribution in [0.3, 0.4) is 0 Å². The molecule has 5 nitrogen and oxygen atoms in total. The molecule has 0 aliphatic heterocycles. The van der Waals surface area contributed by atoms with Gasteiger partial charge in [-0.3, -0.25) is 0 Å². The van der Waals surface area contributed by atoms with E-state index in [1.807, 2.05) is 6.07 Å². The maximum absolute atomic E-state index is 13.1. The first-order chi connectivity index (χ1) is 8.95. The summed E-state index contributed by atoms with van der Waals surface area (Å²) >= 11 is 3.32. The monoisotopic (exact) mass is 328 g/mol. The summed E-state index contributed by atoms with van der Waals surface area (Å²) in [4.78, 5) is 3.70. The molecule has 0 aromatic carbocycles. The lowest BCUT2D eigenvalue weighted by Gasteiger charge is -2.01. The lowest BCUT2D eigenvalue weighted by atomic mass is 10.2. The van der Waals surface area contributed by atoms with Gasteiger partial charge in [0, 0.05) is 17.6 Å². The van der Waals surface area contributed by atoms with Gasteiger partial charge in [0.25, 0.3) is 5.89 Å². The van der Waals surface area contributed by atoms with Gasteiger partial charge in [0.05, 0.1) is 17.3 Å². The molecule has 8 heteroatoms. The molecule has 98 valence electrons. The topological polar surface area (TPSA) is 56.2 Å². The van der Waals surface area contributed by atoms with E-state index >= 15 is 0 Å². The van der Waals surface area contributed by atoms with Gasteiger partial charge in [0.1, 0.15) is 0 Å². The molecule has 0 N–H and O–H groups in total. The molecule has 3 heterocycles. The van der Waals surface area contributed by atoms with Crippen molar-refractivity contribution in [3.63, 3.8) is 0 Å². The van der Waals surface area contributed by atoms with Crippen LogP contribution >= 0.6 is 15.9 Å². The third-order valence-corrected chi connectivity index (χ3v) is 3.00. The van der Waals surface area contributed by atoms with Crippen LogP contribution in [0.5, 0.6) is 0 Å². The van der Waals surface area contributed by atoms with Gasteiger partial charge in [-0.25, -0.2) is 4.52 Å². The number of pyridine rings is 1. The molecule has 0 saturated heterocycles. The highest BCUT2D eigenvalue weighted by Crippen LogP contribution is 2.29. The van der Waals surface area contributed by atoms with Crippen molar-refractivity contribution in [3.8, 4) is 11.5 Å². The van der Waals surface area contributed by atoms with Gasteiger partial charge in [-0.1, -0.05) is 5.16 Å². The van der Waals surface area contributed by atoms with E-state index < -0.39 is 11.7 Å². The third-order valence-electron chi connectivity index (χ3n) is 2.53. The van der Waals surface area contributed by atoms with Gasteiger partial charge in [0.2, 0.25) is 5.82 Å². The number of hydrogen-bond donors (Lipinski definition) is 0. The average Bonchev–Trinajstić information content (AvgIpc) is 2.91. The van der Waals surface area contributed by atoms with Crippen LogP contribution in [0.15, 0.2) is 33.5 Å². The zero-order valence-corrected chi connectivity index (χ0v) is 11.2. The van der Waals surface area contributed by atoms with Crippen molar-refractivity contribution in [3.05, 3.63) is 34.8 Å². The smallest absolute Gasteiger partial charge is 0.307 e. The zero-order valence-electron chi connectivity index (χ0n) is 9.64. The van der Waals surface area contributed by atoms with E-state index in [-0.39, 0.29) is 5.89 Å². The molecule has 0 unspecified atom stereocenters. The van der Waals surface area contributed by atoms with Crippen molar-refractivity contribution in [2.75, 3.05) is 0 Å². The molecule has 0 atom stereocenters. The molecule has 0 radical (unpaired) electrons. The minimum atomic E-state index is -3.13. The van der Waals surface area contributed by atoms with Crippen LogP contribution in [0.4, 0.5) is 8.78 Å². The summed E-state index contributed by atoms with van der Waals surface area (Å²) in [5.41, 5.74) is 1.20. The van der Waals surface area contributed by atoms with Crippen molar-refractivity contribution in [2.45, 2.75) is 12.8 Å². The van der Waals surface area contributed by atoms with Crippen molar-refractivity contribution in [2.24, 2.45) is 0 Å². The van der Waals surface area contributed by atoms with Crippen LogP contribution in [0.25, 0.3) is 17.0 Å². The fourth-order valence-corrected chi connectivity index (χ4v) is 1.96. The van der Waals surface area contributed by atoms with E-state index in [0.29, 0.717) is 11.1 Å². The molecule has 3 aromatic heterocycles. The SMILES string of the molecule is CC(F)(F)c1noc(-c2cnn3cc(Br)ccc23)n1. The highest BCUT2D eigenvalue weighted by molar-refractivity contribution is 9.10. The number of rotatable bonds is 2. The number of fused-ring (bicyclic) bond motifs is 1. The lowest BCUT2D eigenvalue weighted by Crippen LogP contribution is -2.09. The Morgan fingerprint density at radius 3 is 2.84 bits per heavy atom. The van der Waals surface area contributed by atoms with Crippen LogP contribution < -0.4 is 0 Å².